The number of amides is 4. The van der Waals surface area contributed by atoms with Crippen LogP contribution in [0.5, 0.6) is 0 Å². The highest BCUT2D eigenvalue weighted by Crippen LogP contribution is 2.31. The number of unbranched alkanes of at least 4 members (excludes halogenated alkanes) is 3. The molecule has 10 heteroatoms. The fourth-order valence-electron chi connectivity index (χ4n) is 6.91. The summed E-state index contributed by atoms with van der Waals surface area (Å²) in [4.78, 5) is 59.8. The molecule has 4 amide bonds. The second-order valence-electron chi connectivity index (χ2n) is 12.7. The van der Waals surface area contributed by atoms with E-state index in [1.165, 1.54) is 9.80 Å². The fourth-order valence-corrected chi connectivity index (χ4v) is 6.91. The summed E-state index contributed by atoms with van der Waals surface area (Å²) in [6.07, 6.45) is 5.98. The van der Waals surface area contributed by atoms with Crippen LogP contribution in [0.4, 0.5) is 0 Å². The summed E-state index contributed by atoms with van der Waals surface area (Å²) in [6, 6.07) is 22.5. The molecular weight excluding hydrogens is 736 g/mol. The average Bonchev–Trinajstić information content (AvgIpc) is 3.07. The van der Waals surface area contributed by atoms with Crippen LogP contribution in [0.1, 0.15) is 80.0 Å². The highest BCUT2D eigenvalue weighted by molar-refractivity contribution is 8.93. The van der Waals surface area contributed by atoms with Crippen LogP contribution in [-0.4, -0.2) is 96.6 Å². The number of halogens is 2. The normalized spacial score (nSPS) is 13.9. The molecule has 0 saturated carbocycles. The third-order valence-corrected chi connectivity index (χ3v) is 9.38. The summed E-state index contributed by atoms with van der Waals surface area (Å²) in [5.74, 6) is -0.781. The number of benzene rings is 4. The molecule has 0 atom stereocenters. The van der Waals surface area contributed by atoms with Gasteiger partial charge in [0.25, 0.3) is 23.6 Å². The second-order valence-corrected chi connectivity index (χ2v) is 12.7. The molecule has 254 valence electrons. The Morgan fingerprint density at radius 2 is 0.729 bits per heavy atom. The van der Waals surface area contributed by atoms with Gasteiger partial charge < -0.3 is 9.80 Å². The van der Waals surface area contributed by atoms with Crippen molar-refractivity contribution in [2.45, 2.75) is 38.5 Å². The maximum Gasteiger partial charge on any atom is 0.261 e. The van der Waals surface area contributed by atoms with Crippen LogP contribution < -0.4 is 0 Å². The first-order valence-electron chi connectivity index (χ1n) is 16.5. The quantitative estimate of drug-likeness (QED) is 0.0936. The van der Waals surface area contributed by atoms with Crippen molar-refractivity contribution in [3.05, 3.63) is 95.1 Å². The molecule has 0 spiro atoms. The van der Waals surface area contributed by atoms with E-state index in [9.17, 15) is 19.2 Å². The van der Waals surface area contributed by atoms with Gasteiger partial charge in [0, 0.05) is 46.1 Å². The van der Waals surface area contributed by atoms with Crippen molar-refractivity contribution in [1.82, 2.24) is 19.6 Å². The molecule has 2 aliphatic rings. The van der Waals surface area contributed by atoms with E-state index in [0.29, 0.717) is 35.3 Å². The van der Waals surface area contributed by atoms with Crippen LogP contribution in [0, 0.1) is 0 Å². The minimum Gasteiger partial charge on any atom is -0.306 e. The lowest BCUT2D eigenvalue weighted by Crippen LogP contribution is -2.41. The molecule has 0 fully saturated rings. The lowest BCUT2D eigenvalue weighted by atomic mass is 9.94. The van der Waals surface area contributed by atoms with Gasteiger partial charge in [0.1, 0.15) is 0 Å². The van der Waals surface area contributed by atoms with E-state index >= 15 is 0 Å². The molecule has 0 radical (unpaired) electrons. The smallest absolute Gasteiger partial charge is 0.261 e. The van der Waals surface area contributed by atoms with Crippen LogP contribution in [0.2, 0.25) is 0 Å². The van der Waals surface area contributed by atoms with Gasteiger partial charge >= 0.3 is 0 Å². The summed E-state index contributed by atoms with van der Waals surface area (Å²) in [7, 11) is 4.20. The van der Waals surface area contributed by atoms with Crippen LogP contribution >= 0.6 is 34.0 Å². The Hall–Kier alpha value is -3.44. The molecule has 4 aromatic carbocycles. The predicted octanol–water partition coefficient (Wildman–Crippen LogP) is 7.25. The number of carbonyl (C=O) groups is 4. The molecule has 0 N–H and O–H groups in total. The first-order chi connectivity index (χ1) is 22.3. The minimum atomic E-state index is -0.195. The zero-order valence-corrected chi connectivity index (χ0v) is 31.1. The fraction of sp³-hybridized carbons (Fsp3) is 0.368. The monoisotopic (exact) mass is 778 g/mol. The van der Waals surface area contributed by atoms with E-state index < -0.39 is 0 Å². The SMILES string of the molecule is Br.Br.CN(CCCCCCN(C)CCCN1C(=O)c2cccc3cccc(c23)C1=O)CCCN1C(=O)c2cccc3cccc(c23)C1=O. The second kappa shape index (κ2) is 16.8. The molecule has 8 nitrogen and oxygen atoms in total. The van der Waals surface area contributed by atoms with Gasteiger partial charge in [-0.1, -0.05) is 61.4 Å². The zero-order chi connectivity index (χ0) is 32.2. The summed E-state index contributed by atoms with van der Waals surface area (Å²) < 4.78 is 0. The molecule has 0 aromatic heterocycles. The molecule has 0 saturated heterocycles. The molecule has 0 unspecified atom stereocenters. The summed E-state index contributed by atoms with van der Waals surface area (Å²) >= 11 is 0. The molecule has 0 bridgehead atoms. The number of hydrogen-bond acceptors (Lipinski definition) is 6. The van der Waals surface area contributed by atoms with Crippen LogP contribution in [-0.2, 0) is 0 Å². The largest absolute Gasteiger partial charge is 0.306 e. The van der Waals surface area contributed by atoms with E-state index in [1.54, 1.807) is 0 Å². The number of rotatable bonds is 15. The molecule has 2 aliphatic heterocycles. The molecule has 48 heavy (non-hydrogen) atoms. The molecular formula is C38H44Br2N4O4. The Morgan fingerprint density at radius 3 is 1.04 bits per heavy atom. The van der Waals surface area contributed by atoms with Crippen LogP contribution in [0.15, 0.2) is 72.8 Å². The Kier molecular flexibility index (Phi) is 13.1. The Morgan fingerprint density at radius 1 is 0.438 bits per heavy atom. The maximum atomic E-state index is 13.1. The van der Waals surface area contributed by atoms with Gasteiger partial charge in [-0.3, -0.25) is 29.0 Å². The van der Waals surface area contributed by atoms with Crippen molar-refractivity contribution < 1.29 is 19.2 Å². The van der Waals surface area contributed by atoms with E-state index in [2.05, 4.69) is 23.9 Å². The van der Waals surface area contributed by atoms with Gasteiger partial charge in [0.15, 0.2) is 0 Å². The molecule has 0 aliphatic carbocycles. The predicted molar refractivity (Wildman–Crippen MR) is 202 cm³/mol. The highest BCUT2D eigenvalue weighted by atomic mass is 79.9. The van der Waals surface area contributed by atoms with E-state index in [4.69, 9.17) is 0 Å². The summed E-state index contributed by atoms with van der Waals surface area (Å²) in [5, 5.41) is 3.40. The molecule has 6 rings (SSSR count). The molecule has 2 heterocycles. The maximum absolute atomic E-state index is 13.1. The topological polar surface area (TPSA) is 81.2 Å². The Labute approximate surface area is 303 Å². The number of imide groups is 2. The van der Waals surface area contributed by atoms with Gasteiger partial charge in [-0.15, -0.1) is 34.0 Å². The van der Waals surface area contributed by atoms with Gasteiger partial charge in [-0.05, 0) is 101 Å². The van der Waals surface area contributed by atoms with E-state index in [1.807, 2.05) is 72.8 Å². The van der Waals surface area contributed by atoms with Gasteiger partial charge in [0.2, 0.25) is 0 Å². The lowest BCUT2D eigenvalue weighted by Gasteiger charge is -2.28. The minimum absolute atomic E-state index is 0. The Bertz CT molecular complexity index is 1580. The van der Waals surface area contributed by atoms with Crippen LogP contribution in [0.25, 0.3) is 21.5 Å². The highest BCUT2D eigenvalue weighted by Gasteiger charge is 2.33. The average molecular weight is 781 g/mol. The summed E-state index contributed by atoms with van der Waals surface area (Å²) in [5.41, 5.74) is 2.46. The van der Waals surface area contributed by atoms with Crippen molar-refractivity contribution in [3.8, 4) is 0 Å². The third kappa shape index (κ3) is 7.72. The zero-order valence-electron chi connectivity index (χ0n) is 27.7. The van der Waals surface area contributed by atoms with Crippen molar-refractivity contribution in [2.75, 3.05) is 53.4 Å². The lowest BCUT2D eigenvalue weighted by molar-refractivity contribution is 0.0589. The Balaban J connectivity index is 0.00000260. The third-order valence-electron chi connectivity index (χ3n) is 9.38. The summed E-state index contributed by atoms with van der Waals surface area (Å²) in [6.45, 7) is 4.46. The number of carbonyl (C=O) groups excluding carboxylic acids is 4. The van der Waals surface area contributed by atoms with E-state index in [0.717, 1.165) is 86.2 Å². The standard InChI is InChI=1S/C38H42N4O4.2BrH/c1-39(23-11-25-41-35(43)29-17-7-13-27-14-8-18-30(33(27)29)36(41)44)21-5-3-4-6-22-40(2)24-12-26-42-37(45)31-19-9-15-28-16-10-20-32(34(28)31)38(42)46;;/h7-10,13-20H,3-6,11-12,21-26H2,1-2H3;2*1H. The van der Waals surface area contributed by atoms with Crippen molar-refractivity contribution in [2.24, 2.45) is 0 Å². The first-order valence-corrected chi connectivity index (χ1v) is 16.5. The van der Waals surface area contributed by atoms with Crippen LogP contribution in [0.3, 0.4) is 0 Å². The number of hydrogen-bond donors (Lipinski definition) is 0. The van der Waals surface area contributed by atoms with Crippen molar-refractivity contribution in [1.29, 1.82) is 0 Å². The van der Waals surface area contributed by atoms with Crippen molar-refractivity contribution in [3.63, 3.8) is 0 Å². The number of nitrogens with zero attached hydrogens (tertiary/aromatic N) is 4. The van der Waals surface area contributed by atoms with Gasteiger partial charge in [-0.2, -0.15) is 0 Å². The van der Waals surface area contributed by atoms with Gasteiger partial charge in [-0.25, -0.2) is 0 Å². The van der Waals surface area contributed by atoms with Crippen molar-refractivity contribution >= 4 is 79.1 Å². The first kappa shape index (κ1) is 37.4. The van der Waals surface area contributed by atoms with E-state index in [-0.39, 0.29) is 57.6 Å². The molecule has 4 aromatic rings. The van der Waals surface area contributed by atoms with Gasteiger partial charge in [0.05, 0.1) is 0 Å².